The second-order valence-electron chi connectivity index (χ2n) is 4.88. The Kier molecular flexibility index (Phi) is 5.43. The number of carbonyl (C=O) groups excluding carboxylic acids is 1. The van der Waals surface area contributed by atoms with E-state index in [9.17, 15) is 22.0 Å². The molecule has 0 spiro atoms. The van der Waals surface area contributed by atoms with Crippen LogP contribution in [0.1, 0.15) is 6.92 Å². The van der Waals surface area contributed by atoms with Crippen molar-refractivity contribution in [3.8, 4) is 5.75 Å². The van der Waals surface area contributed by atoms with Crippen LogP contribution in [0.2, 0.25) is 5.02 Å². The number of amides is 1. The number of alkyl halides is 2. The third kappa shape index (κ3) is 4.10. The van der Waals surface area contributed by atoms with Crippen LogP contribution >= 0.6 is 11.6 Å². The lowest BCUT2D eigenvalue weighted by atomic mass is 10.3. The van der Waals surface area contributed by atoms with Crippen molar-refractivity contribution in [1.29, 1.82) is 0 Å². The van der Waals surface area contributed by atoms with E-state index >= 15 is 0 Å². The molecule has 0 bridgehead atoms. The predicted octanol–water partition coefficient (Wildman–Crippen LogP) is 1.79. The average Bonchev–Trinajstić information content (AvgIpc) is 2.49. The zero-order valence-electron chi connectivity index (χ0n) is 12.2. The number of carbonyl (C=O) groups is 1. The number of hydrogen-bond acceptors (Lipinski definition) is 4. The highest BCUT2D eigenvalue weighted by Gasteiger charge is 2.29. The Morgan fingerprint density at radius 2 is 1.87 bits per heavy atom. The zero-order valence-corrected chi connectivity index (χ0v) is 13.8. The predicted molar refractivity (Wildman–Crippen MR) is 79.1 cm³/mol. The molecule has 1 aromatic rings. The summed E-state index contributed by atoms with van der Waals surface area (Å²) in [5.41, 5.74) is 0. The number of piperazine rings is 1. The molecule has 0 unspecified atom stereocenters. The van der Waals surface area contributed by atoms with Crippen molar-refractivity contribution in [2.75, 3.05) is 26.2 Å². The first-order chi connectivity index (χ1) is 10.7. The highest BCUT2D eigenvalue weighted by Crippen LogP contribution is 2.30. The fraction of sp³-hybridized carbons (Fsp3) is 0.462. The lowest BCUT2D eigenvalue weighted by Gasteiger charge is -2.33. The highest BCUT2D eigenvalue weighted by molar-refractivity contribution is 7.89. The van der Waals surface area contributed by atoms with Crippen LogP contribution in [0.3, 0.4) is 0 Å². The normalized spacial score (nSPS) is 16.7. The summed E-state index contributed by atoms with van der Waals surface area (Å²) in [5.74, 6) is -0.402. The zero-order chi connectivity index (χ0) is 17.2. The van der Waals surface area contributed by atoms with Gasteiger partial charge in [-0.2, -0.15) is 13.1 Å². The number of rotatable bonds is 4. The molecule has 1 aliphatic heterocycles. The lowest BCUT2D eigenvalue weighted by molar-refractivity contribution is -0.129. The van der Waals surface area contributed by atoms with Gasteiger partial charge < -0.3 is 9.64 Å². The number of sulfonamides is 1. The fourth-order valence-corrected chi connectivity index (χ4v) is 3.96. The molecule has 0 N–H and O–H groups in total. The maximum Gasteiger partial charge on any atom is 0.387 e. The third-order valence-corrected chi connectivity index (χ3v) is 5.63. The molecule has 0 aromatic heterocycles. The minimum atomic E-state index is -3.81. The number of nitrogens with zero attached hydrogens (tertiary/aromatic N) is 2. The average molecular weight is 369 g/mol. The van der Waals surface area contributed by atoms with E-state index < -0.39 is 16.6 Å². The summed E-state index contributed by atoms with van der Waals surface area (Å²) in [6.45, 7) is -0.700. The van der Waals surface area contributed by atoms with Gasteiger partial charge in [0.15, 0.2) is 0 Å². The van der Waals surface area contributed by atoms with Crippen molar-refractivity contribution in [2.45, 2.75) is 18.4 Å². The van der Waals surface area contributed by atoms with Crippen molar-refractivity contribution in [2.24, 2.45) is 0 Å². The van der Waals surface area contributed by atoms with E-state index in [0.717, 1.165) is 18.2 Å². The Bertz CT molecular complexity index is 691. The lowest BCUT2D eigenvalue weighted by Crippen LogP contribution is -2.49. The molecule has 1 saturated heterocycles. The summed E-state index contributed by atoms with van der Waals surface area (Å²) < 4.78 is 54.8. The Hall–Kier alpha value is -1.45. The molecule has 128 valence electrons. The van der Waals surface area contributed by atoms with E-state index in [-0.39, 0.29) is 34.7 Å². The SMILES string of the molecule is CC(=O)N1CCN(S(=O)(=O)c2ccc(OC(F)F)c(Cl)c2)CC1. The number of benzene rings is 1. The molecule has 1 aliphatic rings. The van der Waals surface area contributed by atoms with Gasteiger partial charge in [-0.3, -0.25) is 4.79 Å². The summed E-state index contributed by atoms with van der Waals surface area (Å²) in [6, 6.07) is 3.33. The molecule has 10 heteroatoms. The fourth-order valence-electron chi connectivity index (χ4n) is 2.23. The number of halogens is 3. The maximum atomic E-state index is 12.5. The van der Waals surface area contributed by atoms with Crippen molar-refractivity contribution in [3.63, 3.8) is 0 Å². The second kappa shape index (κ2) is 6.98. The topological polar surface area (TPSA) is 66.9 Å². The van der Waals surface area contributed by atoms with Crippen molar-refractivity contribution in [3.05, 3.63) is 23.2 Å². The van der Waals surface area contributed by atoms with Gasteiger partial charge in [0.2, 0.25) is 15.9 Å². The van der Waals surface area contributed by atoms with Gasteiger partial charge in [-0.1, -0.05) is 11.6 Å². The Morgan fingerprint density at radius 3 is 2.35 bits per heavy atom. The summed E-state index contributed by atoms with van der Waals surface area (Å²) in [5, 5.41) is -0.214. The highest BCUT2D eigenvalue weighted by atomic mass is 35.5. The molecule has 0 radical (unpaired) electrons. The van der Waals surface area contributed by atoms with E-state index in [1.807, 2.05) is 0 Å². The first kappa shape index (κ1) is 17.9. The summed E-state index contributed by atoms with van der Waals surface area (Å²) >= 11 is 5.79. The smallest absolute Gasteiger partial charge is 0.387 e. The van der Waals surface area contributed by atoms with Crippen LogP contribution < -0.4 is 4.74 Å². The molecule has 0 aliphatic carbocycles. The molecule has 0 saturated carbocycles. The monoisotopic (exact) mass is 368 g/mol. The first-order valence-electron chi connectivity index (χ1n) is 6.72. The number of hydrogen-bond donors (Lipinski definition) is 0. The van der Waals surface area contributed by atoms with Gasteiger partial charge in [0.25, 0.3) is 0 Å². The summed E-state index contributed by atoms with van der Waals surface area (Å²) in [7, 11) is -3.81. The van der Waals surface area contributed by atoms with Gasteiger partial charge in [-0.05, 0) is 18.2 Å². The molecule has 0 atom stereocenters. The van der Waals surface area contributed by atoms with Gasteiger partial charge in [-0.15, -0.1) is 0 Å². The number of ether oxygens (including phenoxy) is 1. The quantitative estimate of drug-likeness (QED) is 0.812. The third-order valence-electron chi connectivity index (χ3n) is 3.44. The Morgan fingerprint density at radius 1 is 1.26 bits per heavy atom. The van der Waals surface area contributed by atoms with E-state index in [2.05, 4.69) is 4.74 Å². The van der Waals surface area contributed by atoms with E-state index in [1.54, 1.807) is 4.90 Å². The van der Waals surface area contributed by atoms with Crippen LogP contribution in [0.4, 0.5) is 8.78 Å². The standard InChI is InChI=1S/C13H15ClF2N2O4S/c1-9(19)17-4-6-18(7-5-17)23(20,21)10-2-3-12(11(14)8-10)22-13(15)16/h2-3,8,13H,4-7H2,1H3. The van der Waals surface area contributed by atoms with Crippen molar-refractivity contribution >= 4 is 27.5 Å². The van der Waals surface area contributed by atoms with Crippen LogP contribution in [0.5, 0.6) is 5.75 Å². The van der Waals surface area contributed by atoms with Gasteiger partial charge in [0, 0.05) is 33.1 Å². The van der Waals surface area contributed by atoms with Crippen LogP contribution in [0.25, 0.3) is 0 Å². The maximum absolute atomic E-state index is 12.5. The molecule has 1 aromatic carbocycles. The van der Waals surface area contributed by atoms with Crippen LogP contribution in [-0.2, 0) is 14.8 Å². The van der Waals surface area contributed by atoms with Crippen molar-refractivity contribution < 1.29 is 26.7 Å². The molecule has 2 rings (SSSR count). The van der Waals surface area contributed by atoms with Gasteiger partial charge in [-0.25, -0.2) is 8.42 Å². The molecular formula is C13H15ClF2N2O4S. The molecule has 1 fully saturated rings. The molecule has 1 heterocycles. The van der Waals surface area contributed by atoms with Gasteiger partial charge in [0.1, 0.15) is 5.75 Å². The first-order valence-corrected chi connectivity index (χ1v) is 8.53. The van der Waals surface area contributed by atoms with Gasteiger partial charge >= 0.3 is 6.61 Å². The van der Waals surface area contributed by atoms with Crippen LogP contribution in [-0.4, -0.2) is 56.3 Å². The van der Waals surface area contributed by atoms with E-state index in [4.69, 9.17) is 11.6 Å². The molecule has 23 heavy (non-hydrogen) atoms. The van der Waals surface area contributed by atoms with E-state index in [1.165, 1.54) is 11.2 Å². The summed E-state index contributed by atoms with van der Waals surface area (Å²) in [6.07, 6.45) is 0. The van der Waals surface area contributed by atoms with Crippen LogP contribution in [0.15, 0.2) is 23.1 Å². The molecule has 1 amide bonds. The van der Waals surface area contributed by atoms with Crippen LogP contribution in [0, 0.1) is 0 Å². The largest absolute Gasteiger partial charge is 0.433 e. The minimum absolute atomic E-state index is 0.111. The second-order valence-corrected chi connectivity index (χ2v) is 7.23. The summed E-state index contributed by atoms with van der Waals surface area (Å²) in [4.78, 5) is 12.7. The molecule has 6 nitrogen and oxygen atoms in total. The Balaban J connectivity index is 2.17. The Labute approximate surface area is 137 Å². The minimum Gasteiger partial charge on any atom is -0.433 e. The van der Waals surface area contributed by atoms with Crippen molar-refractivity contribution in [1.82, 2.24) is 9.21 Å². The van der Waals surface area contributed by atoms with E-state index in [0.29, 0.717) is 13.1 Å². The van der Waals surface area contributed by atoms with Gasteiger partial charge in [0.05, 0.1) is 9.92 Å². The molecular weight excluding hydrogens is 354 g/mol.